The van der Waals surface area contributed by atoms with Crippen molar-refractivity contribution >= 4 is 0 Å². The van der Waals surface area contributed by atoms with E-state index in [-0.39, 0.29) is 5.54 Å². The number of nitrogens with two attached hydrogens (primary N) is 1. The van der Waals surface area contributed by atoms with Gasteiger partial charge in [0, 0.05) is 18.1 Å². The third kappa shape index (κ3) is 2.98. The van der Waals surface area contributed by atoms with Crippen LogP contribution in [0.25, 0.3) is 0 Å². The van der Waals surface area contributed by atoms with Crippen LogP contribution in [0.2, 0.25) is 0 Å². The first-order chi connectivity index (χ1) is 7.57. The van der Waals surface area contributed by atoms with Gasteiger partial charge >= 0.3 is 0 Å². The second kappa shape index (κ2) is 6.02. The molecule has 0 heterocycles. The highest BCUT2D eigenvalue weighted by molar-refractivity contribution is 4.90. The Hall–Kier alpha value is -0.0800. The van der Waals surface area contributed by atoms with Crippen LogP contribution in [0.3, 0.4) is 0 Å². The summed E-state index contributed by atoms with van der Waals surface area (Å²) in [5, 5.41) is 0. The smallest absolute Gasteiger partial charge is 0.0300 e. The lowest BCUT2D eigenvalue weighted by atomic mass is 9.82. The van der Waals surface area contributed by atoms with Crippen molar-refractivity contribution in [2.24, 2.45) is 11.7 Å². The third-order valence-corrected chi connectivity index (χ3v) is 4.99. The van der Waals surface area contributed by atoms with Crippen molar-refractivity contribution in [3.8, 4) is 0 Å². The minimum atomic E-state index is 0.198. The van der Waals surface area contributed by atoms with Gasteiger partial charge in [-0.3, -0.25) is 4.90 Å². The van der Waals surface area contributed by atoms with Crippen LogP contribution in [0.1, 0.15) is 59.3 Å². The van der Waals surface area contributed by atoms with Crippen molar-refractivity contribution in [1.82, 2.24) is 4.90 Å². The summed E-state index contributed by atoms with van der Waals surface area (Å²) in [6.07, 6.45) is 8.06. The van der Waals surface area contributed by atoms with Crippen LogP contribution < -0.4 is 5.73 Å². The van der Waals surface area contributed by atoms with Crippen molar-refractivity contribution in [1.29, 1.82) is 0 Å². The van der Waals surface area contributed by atoms with Gasteiger partial charge in [0.2, 0.25) is 0 Å². The number of hydrogen-bond donors (Lipinski definition) is 1. The first-order valence-corrected chi connectivity index (χ1v) is 7.00. The van der Waals surface area contributed by atoms with E-state index >= 15 is 0 Å². The van der Waals surface area contributed by atoms with Crippen LogP contribution in [-0.4, -0.2) is 30.1 Å². The van der Waals surface area contributed by atoms with E-state index in [4.69, 9.17) is 5.73 Å². The maximum atomic E-state index is 5.94. The first-order valence-electron chi connectivity index (χ1n) is 7.00. The lowest BCUT2D eigenvalue weighted by Crippen LogP contribution is -2.54. The van der Waals surface area contributed by atoms with Crippen molar-refractivity contribution in [2.75, 3.05) is 13.6 Å². The van der Waals surface area contributed by atoms with Crippen molar-refractivity contribution in [3.63, 3.8) is 0 Å². The molecule has 2 heteroatoms. The Bertz CT molecular complexity index is 191. The summed E-state index contributed by atoms with van der Waals surface area (Å²) in [5.41, 5.74) is 6.14. The van der Waals surface area contributed by atoms with Crippen LogP contribution in [0, 0.1) is 5.92 Å². The number of hydrogen-bond acceptors (Lipinski definition) is 2. The third-order valence-electron chi connectivity index (χ3n) is 4.99. The summed E-state index contributed by atoms with van der Waals surface area (Å²) >= 11 is 0. The molecule has 1 aliphatic rings. The molecule has 2 N–H and O–H groups in total. The standard InChI is InChI=1S/C14H30N2/c1-5-12-7-9-13(10-8-12)16(4)14(3,6-2)11-15/h12-13H,5-11,15H2,1-4H3. The van der Waals surface area contributed by atoms with Gasteiger partial charge in [-0.1, -0.05) is 20.3 Å². The molecule has 1 atom stereocenters. The van der Waals surface area contributed by atoms with Gasteiger partial charge in [0.05, 0.1) is 0 Å². The van der Waals surface area contributed by atoms with Gasteiger partial charge in [-0.2, -0.15) is 0 Å². The molecule has 96 valence electrons. The van der Waals surface area contributed by atoms with Crippen molar-refractivity contribution in [2.45, 2.75) is 70.9 Å². The van der Waals surface area contributed by atoms with Crippen molar-refractivity contribution < 1.29 is 0 Å². The molecule has 2 nitrogen and oxygen atoms in total. The predicted octanol–water partition coefficient (Wildman–Crippen LogP) is 3.01. The molecule has 1 rings (SSSR count). The molecule has 0 aliphatic heterocycles. The van der Waals surface area contributed by atoms with E-state index in [0.717, 1.165) is 24.9 Å². The highest BCUT2D eigenvalue weighted by Gasteiger charge is 2.32. The molecule has 1 aliphatic carbocycles. The fourth-order valence-electron chi connectivity index (χ4n) is 2.92. The molecule has 0 aromatic heterocycles. The SMILES string of the molecule is CCC1CCC(N(C)C(C)(CC)CN)CC1. The maximum absolute atomic E-state index is 5.94. The monoisotopic (exact) mass is 226 g/mol. The summed E-state index contributed by atoms with van der Waals surface area (Å²) in [7, 11) is 2.27. The van der Waals surface area contributed by atoms with E-state index in [1.807, 2.05) is 0 Å². The van der Waals surface area contributed by atoms with Crippen LogP contribution in [0.4, 0.5) is 0 Å². The van der Waals surface area contributed by atoms with E-state index in [1.54, 1.807) is 0 Å². The Balaban J connectivity index is 2.52. The van der Waals surface area contributed by atoms with Crippen LogP contribution in [0.15, 0.2) is 0 Å². The quantitative estimate of drug-likeness (QED) is 0.781. The average molecular weight is 226 g/mol. The van der Waals surface area contributed by atoms with Gasteiger partial charge in [0.15, 0.2) is 0 Å². The van der Waals surface area contributed by atoms with Gasteiger partial charge in [0.1, 0.15) is 0 Å². The Labute approximate surface area is 102 Å². The maximum Gasteiger partial charge on any atom is 0.0300 e. The van der Waals surface area contributed by atoms with E-state index < -0.39 is 0 Å². The van der Waals surface area contributed by atoms with Gasteiger partial charge in [-0.15, -0.1) is 0 Å². The summed E-state index contributed by atoms with van der Waals surface area (Å²) in [6, 6.07) is 0.760. The molecule has 1 unspecified atom stereocenters. The zero-order valence-corrected chi connectivity index (χ0v) is 11.6. The highest BCUT2D eigenvalue weighted by Crippen LogP contribution is 2.32. The van der Waals surface area contributed by atoms with Gasteiger partial charge in [-0.05, 0) is 52.0 Å². The molecule has 0 amide bonds. The topological polar surface area (TPSA) is 29.3 Å². The van der Waals surface area contributed by atoms with E-state index in [9.17, 15) is 0 Å². The molecule has 0 bridgehead atoms. The van der Waals surface area contributed by atoms with E-state index in [0.29, 0.717) is 0 Å². The molecule has 1 fully saturated rings. The van der Waals surface area contributed by atoms with Crippen molar-refractivity contribution in [3.05, 3.63) is 0 Å². The summed E-state index contributed by atoms with van der Waals surface area (Å²) < 4.78 is 0. The fraction of sp³-hybridized carbons (Fsp3) is 1.00. The summed E-state index contributed by atoms with van der Waals surface area (Å²) in [5.74, 6) is 0.982. The zero-order chi connectivity index (χ0) is 12.2. The molecule has 0 aromatic rings. The number of rotatable bonds is 5. The largest absolute Gasteiger partial charge is 0.329 e. The fourth-order valence-corrected chi connectivity index (χ4v) is 2.92. The van der Waals surface area contributed by atoms with Crippen LogP contribution in [0.5, 0.6) is 0 Å². The highest BCUT2D eigenvalue weighted by atomic mass is 15.2. The zero-order valence-electron chi connectivity index (χ0n) is 11.6. The lowest BCUT2D eigenvalue weighted by molar-refractivity contribution is 0.0576. The summed E-state index contributed by atoms with van der Waals surface area (Å²) in [6.45, 7) is 7.65. The van der Waals surface area contributed by atoms with Crippen LogP contribution in [-0.2, 0) is 0 Å². The number of nitrogens with zero attached hydrogens (tertiary/aromatic N) is 1. The molecular weight excluding hydrogens is 196 g/mol. The second-order valence-electron chi connectivity index (χ2n) is 5.75. The first kappa shape index (κ1) is 14.0. The Kier molecular flexibility index (Phi) is 5.26. The Morgan fingerprint density at radius 2 is 1.75 bits per heavy atom. The average Bonchev–Trinajstić information content (AvgIpc) is 2.37. The van der Waals surface area contributed by atoms with E-state index in [1.165, 1.54) is 32.1 Å². The molecule has 0 saturated heterocycles. The van der Waals surface area contributed by atoms with E-state index in [2.05, 4.69) is 32.7 Å². The number of likely N-dealkylation sites (N-methyl/N-ethyl adjacent to an activating group) is 1. The molecule has 0 radical (unpaired) electrons. The van der Waals surface area contributed by atoms with Gasteiger partial charge in [0.25, 0.3) is 0 Å². The molecule has 0 aromatic carbocycles. The molecule has 16 heavy (non-hydrogen) atoms. The second-order valence-corrected chi connectivity index (χ2v) is 5.75. The minimum Gasteiger partial charge on any atom is -0.329 e. The Morgan fingerprint density at radius 1 is 1.19 bits per heavy atom. The molecule has 0 spiro atoms. The van der Waals surface area contributed by atoms with Gasteiger partial charge < -0.3 is 5.73 Å². The normalized spacial score (nSPS) is 30.4. The Morgan fingerprint density at radius 3 is 2.12 bits per heavy atom. The molecular formula is C14H30N2. The minimum absolute atomic E-state index is 0.198. The lowest BCUT2D eigenvalue weighted by Gasteiger charge is -2.45. The summed E-state index contributed by atoms with van der Waals surface area (Å²) in [4.78, 5) is 2.55. The predicted molar refractivity (Wildman–Crippen MR) is 71.6 cm³/mol. The van der Waals surface area contributed by atoms with Gasteiger partial charge in [-0.25, -0.2) is 0 Å². The van der Waals surface area contributed by atoms with Crippen LogP contribution >= 0.6 is 0 Å². The molecule has 1 saturated carbocycles.